The number of aromatic amines is 1. The van der Waals surface area contributed by atoms with Gasteiger partial charge < -0.3 is 0 Å². The summed E-state index contributed by atoms with van der Waals surface area (Å²) in [6, 6.07) is 4.92. The fourth-order valence-electron chi connectivity index (χ4n) is 0.862. The van der Waals surface area contributed by atoms with Crippen LogP contribution in [0, 0.1) is 0 Å². The number of hydrogen-bond acceptors (Lipinski definition) is 2. The Hall–Kier alpha value is -1.58. The summed E-state index contributed by atoms with van der Waals surface area (Å²) in [5.41, 5.74) is 0.558. The highest BCUT2D eigenvalue weighted by Gasteiger charge is 1.92. The van der Waals surface area contributed by atoms with Crippen LogP contribution in [0.4, 0.5) is 0 Å². The van der Waals surface area contributed by atoms with Crippen molar-refractivity contribution < 1.29 is 0 Å². The summed E-state index contributed by atoms with van der Waals surface area (Å²) in [6.07, 6.45) is 1.48. The van der Waals surface area contributed by atoms with Gasteiger partial charge in [-0.15, -0.1) is 0 Å². The lowest BCUT2D eigenvalue weighted by Crippen LogP contribution is -2.10. The molecule has 0 atom stereocenters. The Bertz CT molecular complexity index is 404. The number of nitrogens with one attached hydrogen (secondary N) is 1. The first-order valence-corrected chi connectivity index (χ1v) is 5.89. The molecule has 0 spiro atoms. The molecule has 1 N–H and O–H groups in total. The molecule has 0 amide bonds. The molecular weight excluding hydrogens is 202 g/mol. The van der Waals surface area contributed by atoms with E-state index in [-0.39, 0.29) is 5.56 Å². The maximum absolute atomic E-state index is 10.9. The maximum atomic E-state index is 10.9. The molecule has 0 aliphatic rings. The third kappa shape index (κ3) is 4.77. The van der Waals surface area contributed by atoms with Crippen molar-refractivity contribution in [2.24, 2.45) is 0 Å². The Labute approximate surface area is 97.3 Å². The molecule has 0 fully saturated rings. The van der Waals surface area contributed by atoms with Crippen molar-refractivity contribution in [2.75, 3.05) is 0 Å². The van der Waals surface area contributed by atoms with E-state index in [0.717, 1.165) is 0 Å². The van der Waals surface area contributed by atoms with Gasteiger partial charge in [0, 0.05) is 6.07 Å². The van der Waals surface area contributed by atoms with Gasteiger partial charge in [0.25, 0.3) is 5.56 Å². The normalized spacial score (nSPS) is 7.62. The monoisotopic (exact) mass is 225 g/mol. The predicted molar refractivity (Wildman–Crippen MR) is 69.9 cm³/mol. The summed E-state index contributed by atoms with van der Waals surface area (Å²) in [5.74, 6) is 0. The first-order valence-electron chi connectivity index (χ1n) is 5.89. The van der Waals surface area contributed by atoms with E-state index >= 15 is 0 Å². The molecule has 0 aromatic carbocycles. The van der Waals surface area contributed by atoms with Gasteiger partial charge in [-0.2, -0.15) is 0 Å². The lowest BCUT2D eigenvalue weighted by atomic mass is 10.5. The van der Waals surface area contributed by atoms with Crippen LogP contribution in [0.25, 0.3) is 5.65 Å². The average Bonchev–Trinajstić information content (AvgIpc) is 2.87. The van der Waals surface area contributed by atoms with Crippen molar-refractivity contribution in [2.45, 2.75) is 41.5 Å². The standard InChI is InChI=1S/C6H5N3O.3C2H6/c10-6-3-1-2-5-7-4-8-9(5)6;3*1-2/h1-4H,(H,7,8);3*1-2H3. The molecule has 0 saturated carbocycles. The Morgan fingerprint density at radius 1 is 1.06 bits per heavy atom. The van der Waals surface area contributed by atoms with Crippen molar-refractivity contribution in [3.05, 3.63) is 34.9 Å². The minimum atomic E-state index is -0.0880. The minimum Gasteiger partial charge on any atom is -0.279 e. The fourth-order valence-corrected chi connectivity index (χ4v) is 0.862. The van der Waals surface area contributed by atoms with Crippen molar-refractivity contribution in [1.29, 1.82) is 0 Å². The second kappa shape index (κ2) is 11.5. The molecule has 4 nitrogen and oxygen atoms in total. The van der Waals surface area contributed by atoms with Crippen molar-refractivity contribution >= 4 is 5.65 Å². The average molecular weight is 225 g/mol. The Balaban J connectivity index is 0. The van der Waals surface area contributed by atoms with Crippen molar-refractivity contribution in [3.63, 3.8) is 0 Å². The molecule has 2 heterocycles. The zero-order valence-corrected chi connectivity index (χ0v) is 11.1. The SMILES string of the molecule is CC.CC.CC.O=c1cccc2nc[nH]n12. The third-order valence-corrected chi connectivity index (χ3v) is 1.32. The summed E-state index contributed by atoms with van der Waals surface area (Å²) < 4.78 is 1.38. The van der Waals surface area contributed by atoms with Crippen LogP contribution in [0.2, 0.25) is 0 Å². The fraction of sp³-hybridized carbons (Fsp3) is 0.500. The van der Waals surface area contributed by atoms with E-state index in [1.807, 2.05) is 41.5 Å². The van der Waals surface area contributed by atoms with E-state index in [9.17, 15) is 4.79 Å². The number of hydrogen-bond donors (Lipinski definition) is 1. The van der Waals surface area contributed by atoms with E-state index in [4.69, 9.17) is 0 Å². The van der Waals surface area contributed by atoms with Gasteiger partial charge in [0.1, 0.15) is 6.33 Å². The number of nitrogens with zero attached hydrogens (tertiary/aromatic N) is 2. The predicted octanol–water partition coefficient (Wildman–Crippen LogP) is 3.10. The molecule has 2 rings (SSSR count). The zero-order valence-electron chi connectivity index (χ0n) is 11.1. The van der Waals surface area contributed by atoms with Crippen molar-refractivity contribution in [1.82, 2.24) is 14.6 Å². The number of pyridine rings is 1. The highest BCUT2D eigenvalue weighted by atomic mass is 16.1. The molecular formula is C12H23N3O. The summed E-state index contributed by atoms with van der Waals surface area (Å²) in [6.45, 7) is 12.0. The Kier molecular flexibility index (Phi) is 12.1. The molecule has 0 radical (unpaired) electrons. The van der Waals surface area contributed by atoms with E-state index in [2.05, 4.69) is 10.1 Å². The molecule has 2 aromatic rings. The highest BCUT2D eigenvalue weighted by Crippen LogP contribution is 1.89. The lowest BCUT2D eigenvalue weighted by molar-refractivity contribution is 0.920. The van der Waals surface area contributed by atoms with Gasteiger partial charge in [0.2, 0.25) is 0 Å². The van der Waals surface area contributed by atoms with Crippen LogP contribution in [0.3, 0.4) is 0 Å². The molecule has 0 saturated heterocycles. The highest BCUT2D eigenvalue weighted by molar-refractivity contribution is 5.34. The lowest BCUT2D eigenvalue weighted by Gasteiger charge is -1.85. The van der Waals surface area contributed by atoms with E-state index in [0.29, 0.717) is 5.65 Å². The topological polar surface area (TPSA) is 50.2 Å². The molecule has 16 heavy (non-hydrogen) atoms. The minimum absolute atomic E-state index is 0.0880. The van der Waals surface area contributed by atoms with Gasteiger partial charge in [0.05, 0.1) is 0 Å². The Morgan fingerprint density at radius 2 is 1.62 bits per heavy atom. The summed E-state index contributed by atoms with van der Waals surface area (Å²) in [5, 5.41) is 2.68. The van der Waals surface area contributed by atoms with Crippen molar-refractivity contribution in [3.8, 4) is 0 Å². The third-order valence-electron chi connectivity index (χ3n) is 1.32. The van der Waals surface area contributed by atoms with E-state index in [1.165, 1.54) is 16.9 Å². The van der Waals surface area contributed by atoms with E-state index in [1.54, 1.807) is 12.1 Å². The summed E-state index contributed by atoms with van der Waals surface area (Å²) in [4.78, 5) is 14.8. The van der Waals surface area contributed by atoms with Gasteiger partial charge in [-0.05, 0) is 6.07 Å². The van der Waals surface area contributed by atoms with Gasteiger partial charge in [-0.3, -0.25) is 9.89 Å². The largest absolute Gasteiger partial charge is 0.279 e. The van der Waals surface area contributed by atoms with Crippen LogP contribution in [0.15, 0.2) is 29.3 Å². The van der Waals surface area contributed by atoms with Crippen LogP contribution in [0.1, 0.15) is 41.5 Å². The first kappa shape index (κ1) is 16.8. The number of rotatable bonds is 0. The first-order chi connectivity index (χ1) is 7.88. The number of H-pyrrole nitrogens is 1. The summed E-state index contributed by atoms with van der Waals surface area (Å²) in [7, 11) is 0. The van der Waals surface area contributed by atoms with Gasteiger partial charge in [-0.1, -0.05) is 47.6 Å². The zero-order chi connectivity index (χ0) is 13.0. The molecule has 4 heteroatoms. The quantitative estimate of drug-likeness (QED) is 0.749. The second-order valence-corrected chi connectivity index (χ2v) is 1.94. The maximum Gasteiger partial charge on any atom is 0.271 e. The van der Waals surface area contributed by atoms with Gasteiger partial charge in [0.15, 0.2) is 5.65 Å². The summed E-state index contributed by atoms with van der Waals surface area (Å²) >= 11 is 0. The molecule has 0 aliphatic heterocycles. The van der Waals surface area contributed by atoms with Gasteiger partial charge >= 0.3 is 0 Å². The number of aromatic nitrogens is 3. The molecule has 0 bridgehead atoms. The van der Waals surface area contributed by atoms with E-state index < -0.39 is 0 Å². The number of fused-ring (bicyclic) bond motifs is 1. The van der Waals surface area contributed by atoms with Crippen LogP contribution >= 0.6 is 0 Å². The smallest absolute Gasteiger partial charge is 0.271 e. The van der Waals surface area contributed by atoms with Crippen LogP contribution in [0.5, 0.6) is 0 Å². The van der Waals surface area contributed by atoms with Crippen LogP contribution in [-0.2, 0) is 0 Å². The molecule has 0 aliphatic carbocycles. The molecule has 0 unspecified atom stereocenters. The Morgan fingerprint density at radius 3 is 2.12 bits per heavy atom. The second-order valence-electron chi connectivity index (χ2n) is 1.94. The van der Waals surface area contributed by atoms with Crippen LogP contribution < -0.4 is 5.56 Å². The van der Waals surface area contributed by atoms with Crippen LogP contribution in [-0.4, -0.2) is 14.6 Å². The van der Waals surface area contributed by atoms with Gasteiger partial charge in [-0.25, -0.2) is 9.50 Å². The molecule has 2 aromatic heterocycles. The molecule has 92 valence electrons.